The van der Waals surface area contributed by atoms with Gasteiger partial charge in [0.25, 0.3) is 0 Å². The maximum absolute atomic E-state index is 11.5. The largest absolute Gasteiger partial charge is 0.383 e. The van der Waals surface area contributed by atoms with Crippen LogP contribution in [0, 0.1) is 0 Å². The summed E-state index contributed by atoms with van der Waals surface area (Å²) in [6.07, 6.45) is 0. The van der Waals surface area contributed by atoms with E-state index in [-0.39, 0.29) is 27.2 Å². The van der Waals surface area contributed by atoms with E-state index in [2.05, 4.69) is 15.1 Å². The Morgan fingerprint density at radius 2 is 1.26 bits per heavy atom. The molecule has 12 nitrogen and oxygen atoms in total. The third kappa shape index (κ3) is 3.79. The fourth-order valence-corrected chi connectivity index (χ4v) is 4.05. The van der Waals surface area contributed by atoms with Gasteiger partial charge in [-0.25, -0.2) is 31.8 Å². The van der Waals surface area contributed by atoms with Gasteiger partial charge in [-0.1, -0.05) is 12.1 Å². The molecule has 0 saturated carbocycles. The van der Waals surface area contributed by atoms with Gasteiger partial charge in [-0.15, -0.1) is 0 Å². The van der Waals surface area contributed by atoms with Crippen LogP contribution in [0.1, 0.15) is 0 Å². The molecule has 14 heteroatoms. The van der Waals surface area contributed by atoms with Crippen LogP contribution in [-0.2, 0) is 20.0 Å². The zero-order valence-electron chi connectivity index (χ0n) is 15.7. The summed E-state index contributed by atoms with van der Waals surface area (Å²) in [6, 6.07) is 11.4. The average Bonchev–Trinajstić information content (AvgIpc) is 3.06. The van der Waals surface area contributed by atoms with Gasteiger partial charge >= 0.3 is 0 Å². The Morgan fingerprint density at radius 1 is 0.742 bits per heavy atom. The topological polar surface area (TPSA) is 216 Å². The van der Waals surface area contributed by atoms with E-state index in [1.54, 1.807) is 0 Å². The van der Waals surface area contributed by atoms with E-state index in [1.165, 1.54) is 53.2 Å². The molecule has 0 fully saturated rings. The van der Waals surface area contributed by atoms with Gasteiger partial charge in [-0.2, -0.15) is 15.1 Å². The highest BCUT2D eigenvalue weighted by Gasteiger charge is 2.20. The van der Waals surface area contributed by atoms with Gasteiger partial charge in [0.05, 0.1) is 20.9 Å². The minimum Gasteiger partial charge on any atom is -0.383 e. The van der Waals surface area contributed by atoms with Gasteiger partial charge in [0, 0.05) is 5.56 Å². The molecular weight excluding hydrogens is 444 g/mol. The van der Waals surface area contributed by atoms with Gasteiger partial charge in [0.15, 0.2) is 5.65 Å². The van der Waals surface area contributed by atoms with Crippen LogP contribution in [0.2, 0.25) is 0 Å². The van der Waals surface area contributed by atoms with Crippen LogP contribution < -0.4 is 21.7 Å². The molecule has 0 spiro atoms. The molecule has 0 unspecified atom stereocenters. The molecule has 0 amide bonds. The number of nitrogens with zero attached hydrogens (tertiary/aromatic N) is 4. The fourth-order valence-electron chi connectivity index (χ4n) is 3.02. The van der Waals surface area contributed by atoms with Crippen molar-refractivity contribution in [3.8, 4) is 16.9 Å². The molecule has 0 atom stereocenters. The molecular formula is C17H16N8O4S2. The summed E-state index contributed by atoms with van der Waals surface area (Å²) in [5.74, 6) is -0.0103. The van der Waals surface area contributed by atoms with Gasteiger partial charge in [0.2, 0.25) is 26.0 Å². The number of benzene rings is 2. The van der Waals surface area contributed by atoms with Crippen LogP contribution in [0.4, 0.5) is 11.8 Å². The lowest BCUT2D eigenvalue weighted by Crippen LogP contribution is -2.12. The first-order valence-electron chi connectivity index (χ1n) is 8.53. The Kier molecular flexibility index (Phi) is 4.66. The Bertz CT molecular complexity index is 1530. The summed E-state index contributed by atoms with van der Waals surface area (Å²) in [6.45, 7) is 0. The molecule has 0 bridgehead atoms. The predicted octanol–water partition coefficient (Wildman–Crippen LogP) is -0.0583. The Labute approximate surface area is 176 Å². The maximum atomic E-state index is 11.5. The lowest BCUT2D eigenvalue weighted by Gasteiger charge is -2.05. The number of rotatable bonds is 4. The molecule has 0 radical (unpaired) electrons. The number of nitrogens with two attached hydrogens (primary N) is 4. The van der Waals surface area contributed by atoms with Crippen LogP contribution in [-0.4, -0.2) is 36.6 Å². The van der Waals surface area contributed by atoms with Crippen molar-refractivity contribution in [2.24, 2.45) is 10.3 Å². The molecule has 2 aromatic heterocycles. The van der Waals surface area contributed by atoms with Crippen molar-refractivity contribution in [2.45, 2.75) is 9.79 Å². The summed E-state index contributed by atoms with van der Waals surface area (Å²) in [5, 5.41) is 15.2. The standard InChI is InChI=1S/C17H16N8O4S2/c18-15-13-14(9-1-5-11(6-2-9)30(20,26)27)24-25(16(13)23-17(19)22-15)10-3-7-12(8-4-10)31(21,28)29/h1-8H,(H2,20,26,27)(H2,21,28,29)(H4,18,19,22,23). The van der Waals surface area contributed by atoms with Crippen LogP contribution in [0.15, 0.2) is 58.3 Å². The number of sulfonamides is 2. The van der Waals surface area contributed by atoms with Gasteiger partial charge < -0.3 is 11.5 Å². The normalized spacial score (nSPS) is 12.3. The third-order valence-electron chi connectivity index (χ3n) is 4.44. The summed E-state index contributed by atoms with van der Waals surface area (Å²) < 4.78 is 47.5. The van der Waals surface area contributed by atoms with Crippen molar-refractivity contribution in [1.82, 2.24) is 19.7 Å². The molecule has 31 heavy (non-hydrogen) atoms. The van der Waals surface area contributed by atoms with E-state index in [0.29, 0.717) is 22.3 Å². The Morgan fingerprint density at radius 3 is 1.77 bits per heavy atom. The average molecular weight is 461 g/mol. The quantitative estimate of drug-likeness (QED) is 0.320. The lowest BCUT2D eigenvalue weighted by atomic mass is 10.1. The van der Waals surface area contributed by atoms with Crippen molar-refractivity contribution in [3.05, 3.63) is 48.5 Å². The van der Waals surface area contributed by atoms with E-state index in [1.807, 2.05) is 0 Å². The Hall–Kier alpha value is -3.59. The van der Waals surface area contributed by atoms with E-state index in [0.717, 1.165) is 0 Å². The molecule has 0 aliphatic carbocycles. The number of hydrogen-bond donors (Lipinski definition) is 4. The van der Waals surface area contributed by atoms with Crippen LogP contribution in [0.25, 0.3) is 28.0 Å². The van der Waals surface area contributed by atoms with E-state index < -0.39 is 20.0 Å². The third-order valence-corrected chi connectivity index (χ3v) is 6.30. The smallest absolute Gasteiger partial charge is 0.238 e. The second kappa shape index (κ2) is 6.98. The highest BCUT2D eigenvalue weighted by molar-refractivity contribution is 7.89. The second-order valence-corrected chi connectivity index (χ2v) is 9.66. The lowest BCUT2D eigenvalue weighted by molar-refractivity contribution is 0.596. The number of nitrogen functional groups attached to an aromatic ring is 2. The summed E-state index contributed by atoms with van der Waals surface area (Å²) in [7, 11) is -7.73. The first-order valence-corrected chi connectivity index (χ1v) is 11.6. The van der Waals surface area contributed by atoms with Crippen LogP contribution in [0.5, 0.6) is 0 Å². The van der Waals surface area contributed by atoms with Crippen molar-refractivity contribution in [2.75, 3.05) is 11.5 Å². The molecule has 160 valence electrons. The fraction of sp³-hybridized carbons (Fsp3) is 0. The zero-order valence-corrected chi connectivity index (χ0v) is 17.3. The van der Waals surface area contributed by atoms with Crippen LogP contribution in [0.3, 0.4) is 0 Å². The molecule has 2 heterocycles. The molecule has 0 aliphatic heterocycles. The van der Waals surface area contributed by atoms with Crippen LogP contribution >= 0.6 is 0 Å². The zero-order chi connectivity index (χ0) is 22.6. The number of anilines is 2. The predicted molar refractivity (Wildman–Crippen MR) is 114 cm³/mol. The summed E-state index contributed by atoms with van der Waals surface area (Å²) in [5.41, 5.74) is 13.4. The molecule has 8 N–H and O–H groups in total. The molecule has 4 aromatic rings. The minimum atomic E-state index is -3.87. The van der Waals surface area contributed by atoms with Crippen molar-refractivity contribution in [1.29, 1.82) is 0 Å². The highest BCUT2D eigenvalue weighted by Crippen LogP contribution is 2.33. The first-order chi connectivity index (χ1) is 14.4. The first kappa shape index (κ1) is 20.7. The number of aromatic nitrogens is 4. The van der Waals surface area contributed by atoms with Crippen molar-refractivity contribution >= 4 is 42.8 Å². The Balaban J connectivity index is 1.94. The van der Waals surface area contributed by atoms with Crippen molar-refractivity contribution < 1.29 is 16.8 Å². The number of fused-ring (bicyclic) bond motifs is 1. The van der Waals surface area contributed by atoms with E-state index in [9.17, 15) is 16.8 Å². The van der Waals surface area contributed by atoms with Gasteiger partial charge in [-0.3, -0.25) is 0 Å². The van der Waals surface area contributed by atoms with Gasteiger partial charge in [0.1, 0.15) is 11.5 Å². The van der Waals surface area contributed by atoms with Crippen molar-refractivity contribution in [3.63, 3.8) is 0 Å². The molecule has 0 aliphatic rings. The molecule has 2 aromatic carbocycles. The van der Waals surface area contributed by atoms with Gasteiger partial charge in [-0.05, 0) is 36.4 Å². The van der Waals surface area contributed by atoms with E-state index >= 15 is 0 Å². The maximum Gasteiger partial charge on any atom is 0.238 e. The second-order valence-electron chi connectivity index (χ2n) is 6.53. The summed E-state index contributed by atoms with van der Waals surface area (Å²) >= 11 is 0. The monoisotopic (exact) mass is 460 g/mol. The van der Waals surface area contributed by atoms with E-state index in [4.69, 9.17) is 21.7 Å². The molecule has 0 saturated heterocycles. The molecule has 4 rings (SSSR count). The highest BCUT2D eigenvalue weighted by atomic mass is 32.2. The summed E-state index contributed by atoms with van der Waals surface area (Å²) in [4.78, 5) is 8.06. The SMILES string of the molecule is Nc1nc(N)c2c(-c3ccc(S(N)(=O)=O)cc3)nn(-c3ccc(S(N)(=O)=O)cc3)c2n1. The minimum absolute atomic E-state index is 0.0629. The number of primary sulfonamides is 2. The number of hydrogen-bond acceptors (Lipinski definition) is 9.